The lowest BCUT2D eigenvalue weighted by Crippen LogP contribution is -2.40. The molecule has 0 aromatic carbocycles. The molecule has 0 spiro atoms. The zero-order valence-electron chi connectivity index (χ0n) is 11.3. The Balaban J connectivity index is 2.41. The lowest BCUT2D eigenvalue weighted by atomic mass is 9.80. The van der Waals surface area contributed by atoms with Crippen LogP contribution in [0, 0.1) is 11.3 Å². The molecule has 1 rings (SSSR count). The van der Waals surface area contributed by atoms with E-state index in [-0.39, 0.29) is 5.60 Å². The van der Waals surface area contributed by atoms with Gasteiger partial charge in [0, 0.05) is 11.0 Å². The molecule has 1 aliphatic carbocycles. The van der Waals surface area contributed by atoms with Crippen LogP contribution in [-0.2, 0) is 4.74 Å². The maximum absolute atomic E-state index is 6.26. The van der Waals surface area contributed by atoms with Gasteiger partial charge in [0.15, 0.2) is 0 Å². The summed E-state index contributed by atoms with van der Waals surface area (Å²) in [4.78, 5) is 0. The standard InChI is InChI=1S/C14H27IO/c1-12-6-5-7-14(10-12,11-15)16-9-8-13(2,3)4/h12H,5-11H2,1-4H3. The van der Waals surface area contributed by atoms with Crippen molar-refractivity contribution in [3.8, 4) is 0 Å². The number of halogens is 1. The van der Waals surface area contributed by atoms with Crippen molar-refractivity contribution in [1.29, 1.82) is 0 Å². The molecule has 16 heavy (non-hydrogen) atoms. The summed E-state index contributed by atoms with van der Waals surface area (Å²) >= 11 is 2.51. The summed E-state index contributed by atoms with van der Waals surface area (Å²) in [7, 11) is 0. The Morgan fingerprint density at radius 2 is 2.06 bits per heavy atom. The molecule has 0 radical (unpaired) electrons. The first-order valence-electron chi connectivity index (χ1n) is 6.57. The first kappa shape index (κ1) is 14.7. The molecule has 2 heteroatoms. The second-order valence-electron chi connectivity index (χ2n) is 6.68. The van der Waals surface area contributed by atoms with Gasteiger partial charge in [0.25, 0.3) is 0 Å². The molecule has 0 saturated heterocycles. The fraction of sp³-hybridized carbons (Fsp3) is 1.00. The zero-order chi connectivity index (χ0) is 12.2. The molecule has 1 aliphatic rings. The van der Waals surface area contributed by atoms with Crippen LogP contribution in [0.4, 0.5) is 0 Å². The quantitative estimate of drug-likeness (QED) is 0.527. The molecular weight excluding hydrogens is 311 g/mol. The average molecular weight is 338 g/mol. The number of ether oxygens (including phenoxy) is 1. The second kappa shape index (κ2) is 6.03. The molecule has 0 N–H and O–H groups in total. The van der Waals surface area contributed by atoms with E-state index in [4.69, 9.17) is 4.74 Å². The van der Waals surface area contributed by atoms with E-state index in [1.807, 2.05) is 0 Å². The van der Waals surface area contributed by atoms with E-state index in [1.165, 1.54) is 32.1 Å². The lowest BCUT2D eigenvalue weighted by molar-refractivity contribution is -0.0686. The van der Waals surface area contributed by atoms with Crippen LogP contribution >= 0.6 is 22.6 Å². The minimum absolute atomic E-state index is 0.198. The lowest BCUT2D eigenvalue weighted by Gasteiger charge is -2.39. The van der Waals surface area contributed by atoms with Gasteiger partial charge in [-0.1, -0.05) is 63.1 Å². The molecule has 2 atom stereocenters. The van der Waals surface area contributed by atoms with Crippen LogP contribution in [-0.4, -0.2) is 16.6 Å². The molecular formula is C14H27IO. The fourth-order valence-corrected chi connectivity index (χ4v) is 3.39. The predicted molar refractivity (Wildman–Crippen MR) is 79.3 cm³/mol. The van der Waals surface area contributed by atoms with Crippen molar-refractivity contribution in [2.45, 2.75) is 65.4 Å². The van der Waals surface area contributed by atoms with Crippen LogP contribution < -0.4 is 0 Å². The molecule has 0 aromatic rings. The van der Waals surface area contributed by atoms with E-state index in [0.29, 0.717) is 5.41 Å². The Bertz CT molecular complexity index is 209. The van der Waals surface area contributed by atoms with Crippen LogP contribution in [0.15, 0.2) is 0 Å². The zero-order valence-corrected chi connectivity index (χ0v) is 13.5. The second-order valence-corrected chi connectivity index (χ2v) is 7.44. The topological polar surface area (TPSA) is 9.23 Å². The van der Waals surface area contributed by atoms with E-state index in [9.17, 15) is 0 Å². The molecule has 96 valence electrons. The van der Waals surface area contributed by atoms with Crippen molar-refractivity contribution in [2.24, 2.45) is 11.3 Å². The SMILES string of the molecule is CC1CCCC(CI)(OCCC(C)(C)C)C1. The third-order valence-electron chi connectivity index (χ3n) is 3.55. The van der Waals surface area contributed by atoms with Crippen molar-refractivity contribution in [1.82, 2.24) is 0 Å². The summed E-state index contributed by atoms with van der Waals surface area (Å²) in [6.07, 6.45) is 6.44. The summed E-state index contributed by atoms with van der Waals surface area (Å²) < 4.78 is 7.41. The summed E-state index contributed by atoms with van der Waals surface area (Å²) in [5, 5.41) is 0. The van der Waals surface area contributed by atoms with Gasteiger partial charge in [0.2, 0.25) is 0 Å². The summed E-state index contributed by atoms with van der Waals surface area (Å²) in [6, 6.07) is 0. The van der Waals surface area contributed by atoms with Crippen LogP contribution in [0.3, 0.4) is 0 Å². The van der Waals surface area contributed by atoms with Gasteiger partial charge in [-0.25, -0.2) is 0 Å². The minimum atomic E-state index is 0.198. The van der Waals surface area contributed by atoms with Crippen LogP contribution in [0.25, 0.3) is 0 Å². The van der Waals surface area contributed by atoms with Crippen molar-refractivity contribution in [3.05, 3.63) is 0 Å². The van der Waals surface area contributed by atoms with Crippen LogP contribution in [0.1, 0.15) is 59.8 Å². The molecule has 1 fully saturated rings. The van der Waals surface area contributed by atoms with Crippen molar-refractivity contribution < 1.29 is 4.74 Å². The number of hydrogen-bond donors (Lipinski definition) is 0. The molecule has 0 amide bonds. The summed E-state index contributed by atoms with van der Waals surface area (Å²) in [6.45, 7) is 10.2. The maximum Gasteiger partial charge on any atom is 0.0774 e. The van der Waals surface area contributed by atoms with E-state index in [0.717, 1.165) is 17.0 Å². The molecule has 2 unspecified atom stereocenters. The van der Waals surface area contributed by atoms with Gasteiger partial charge in [-0.15, -0.1) is 0 Å². The average Bonchev–Trinajstić information content (AvgIpc) is 2.16. The molecule has 0 aliphatic heterocycles. The van der Waals surface area contributed by atoms with Crippen molar-refractivity contribution in [2.75, 3.05) is 11.0 Å². The molecule has 0 bridgehead atoms. The largest absolute Gasteiger partial charge is 0.374 e. The Morgan fingerprint density at radius 1 is 1.38 bits per heavy atom. The number of alkyl halides is 1. The molecule has 0 heterocycles. The Labute approximate surface area is 115 Å². The van der Waals surface area contributed by atoms with E-state index >= 15 is 0 Å². The molecule has 1 saturated carbocycles. The number of rotatable bonds is 4. The summed E-state index contributed by atoms with van der Waals surface area (Å²) in [5.41, 5.74) is 0.593. The monoisotopic (exact) mass is 338 g/mol. The summed E-state index contributed by atoms with van der Waals surface area (Å²) in [5.74, 6) is 0.846. The Morgan fingerprint density at radius 3 is 2.56 bits per heavy atom. The predicted octanol–water partition coefficient (Wildman–Crippen LogP) is 4.82. The Kier molecular flexibility index (Phi) is 5.56. The van der Waals surface area contributed by atoms with Gasteiger partial charge in [-0.05, 0) is 30.6 Å². The smallest absolute Gasteiger partial charge is 0.0774 e. The van der Waals surface area contributed by atoms with Crippen molar-refractivity contribution in [3.63, 3.8) is 0 Å². The maximum atomic E-state index is 6.26. The van der Waals surface area contributed by atoms with Gasteiger partial charge in [0.1, 0.15) is 0 Å². The third kappa shape index (κ3) is 4.91. The third-order valence-corrected chi connectivity index (χ3v) is 4.94. The van der Waals surface area contributed by atoms with Crippen LogP contribution in [0.5, 0.6) is 0 Å². The van der Waals surface area contributed by atoms with Gasteiger partial charge in [-0.2, -0.15) is 0 Å². The normalized spacial score (nSPS) is 31.7. The van der Waals surface area contributed by atoms with E-state index in [1.54, 1.807) is 0 Å². The van der Waals surface area contributed by atoms with Gasteiger partial charge < -0.3 is 4.74 Å². The highest BCUT2D eigenvalue weighted by atomic mass is 127. The molecule has 0 aromatic heterocycles. The first-order valence-corrected chi connectivity index (χ1v) is 8.09. The Hall–Kier alpha value is 0.690. The fourth-order valence-electron chi connectivity index (χ4n) is 2.48. The van der Waals surface area contributed by atoms with Gasteiger partial charge in [0.05, 0.1) is 5.60 Å². The first-order chi connectivity index (χ1) is 7.37. The van der Waals surface area contributed by atoms with Gasteiger partial charge in [-0.3, -0.25) is 0 Å². The highest BCUT2D eigenvalue weighted by Crippen LogP contribution is 2.37. The minimum Gasteiger partial charge on any atom is -0.374 e. The highest BCUT2D eigenvalue weighted by Gasteiger charge is 2.34. The van der Waals surface area contributed by atoms with Crippen LogP contribution in [0.2, 0.25) is 0 Å². The molecule has 1 nitrogen and oxygen atoms in total. The number of hydrogen-bond acceptors (Lipinski definition) is 1. The van der Waals surface area contributed by atoms with E-state index < -0.39 is 0 Å². The van der Waals surface area contributed by atoms with Crippen molar-refractivity contribution >= 4 is 22.6 Å². The van der Waals surface area contributed by atoms with E-state index in [2.05, 4.69) is 50.3 Å². The highest BCUT2D eigenvalue weighted by molar-refractivity contribution is 14.1. The van der Waals surface area contributed by atoms with Gasteiger partial charge >= 0.3 is 0 Å².